The Kier molecular flexibility index (Phi) is 3.25. The van der Waals surface area contributed by atoms with Crippen molar-refractivity contribution in [2.75, 3.05) is 18.1 Å². The molecule has 1 aromatic heterocycles. The van der Waals surface area contributed by atoms with Crippen molar-refractivity contribution in [3.05, 3.63) is 9.47 Å². The van der Waals surface area contributed by atoms with Gasteiger partial charge in [0.25, 0.3) is 5.91 Å². The molecule has 1 saturated heterocycles. The van der Waals surface area contributed by atoms with E-state index in [9.17, 15) is 4.79 Å². The van der Waals surface area contributed by atoms with Crippen LogP contribution in [0.3, 0.4) is 0 Å². The molecule has 14 heavy (non-hydrogen) atoms. The molecule has 1 amide bonds. The van der Waals surface area contributed by atoms with Crippen LogP contribution in [0.4, 0.5) is 0 Å². The molecular formula is C7H8ClN3OS2. The average molecular weight is 250 g/mol. The summed E-state index contributed by atoms with van der Waals surface area (Å²) in [6, 6.07) is 0. The molecule has 0 unspecified atom stereocenters. The molecule has 0 saturated carbocycles. The van der Waals surface area contributed by atoms with Crippen molar-refractivity contribution < 1.29 is 4.79 Å². The summed E-state index contributed by atoms with van der Waals surface area (Å²) in [5.74, 6) is 2.72. The lowest BCUT2D eigenvalue weighted by molar-refractivity contribution is 0.0948. The van der Waals surface area contributed by atoms with E-state index < -0.39 is 0 Å². The first-order valence-corrected chi connectivity index (χ1v) is 6.45. The summed E-state index contributed by atoms with van der Waals surface area (Å²) < 4.78 is 0.300. The van der Waals surface area contributed by atoms with Crippen LogP contribution in [-0.4, -0.2) is 34.2 Å². The topological polar surface area (TPSA) is 54.9 Å². The van der Waals surface area contributed by atoms with Crippen molar-refractivity contribution in [2.45, 2.75) is 0 Å². The molecule has 1 aromatic rings. The third-order valence-electron chi connectivity index (χ3n) is 1.85. The molecule has 0 radical (unpaired) electrons. The van der Waals surface area contributed by atoms with Crippen LogP contribution in [0.2, 0.25) is 4.47 Å². The third-order valence-corrected chi connectivity index (χ3v) is 4.28. The van der Waals surface area contributed by atoms with Gasteiger partial charge in [0.2, 0.25) is 9.47 Å². The van der Waals surface area contributed by atoms with Gasteiger partial charge in [-0.15, -0.1) is 10.2 Å². The van der Waals surface area contributed by atoms with Crippen LogP contribution in [0.5, 0.6) is 0 Å². The molecule has 2 heterocycles. The number of carbonyl (C=O) groups excluding carboxylic acids is 1. The molecule has 0 spiro atoms. The predicted molar refractivity (Wildman–Crippen MR) is 58.1 cm³/mol. The number of aromatic nitrogens is 2. The van der Waals surface area contributed by atoms with E-state index in [0.29, 0.717) is 15.4 Å². The molecule has 1 N–H and O–H groups in total. The van der Waals surface area contributed by atoms with Crippen molar-refractivity contribution in [3.8, 4) is 0 Å². The highest BCUT2D eigenvalue weighted by atomic mass is 35.5. The van der Waals surface area contributed by atoms with Gasteiger partial charge >= 0.3 is 0 Å². The lowest BCUT2D eigenvalue weighted by Crippen LogP contribution is -2.34. The summed E-state index contributed by atoms with van der Waals surface area (Å²) in [5.41, 5.74) is 0. The molecule has 4 nitrogen and oxygen atoms in total. The second-order valence-electron chi connectivity index (χ2n) is 2.97. The fraction of sp³-hybridized carbons (Fsp3) is 0.571. The monoisotopic (exact) mass is 249 g/mol. The van der Waals surface area contributed by atoms with E-state index in [2.05, 4.69) is 15.5 Å². The zero-order valence-corrected chi connectivity index (χ0v) is 9.58. The van der Waals surface area contributed by atoms with Gasteiger partial charge in [0.15, 0.2) is 0 Å². The molecule has 1 fully saturated rings. The minimum atomic E-state index is -0.175. The average Bonchev–Trinajstić information content (AvgIpc) is 2.49. The standard InChI is InChI=1S/C7H8ClN3OS2/c8-7-11-10-6(14-7)5(12)9-1-4-2-13-3-4/h4H,1-3H2,(H,9,12). The lowest BCUT2D eigenvalue weighted by atomic mass is 10.2. The van der Waals surface area contributed by atoms with E-state index in [1.54, 1.807) is 0 Å². The number of hydrogen-bond acceptors (Lipinski definition) is 5. The Hall–Kier alpha value is -0.330. The van der Waals surface area contributed by atoms with E-state index in [1.165, 1.54) is 0 Å². The smallest absolute Gasteiger partial charge is 0.282 e. The third kappa shape index (κ3) is 2.37. The Morgan fingerprint density at radius 3 is 2.86 bits per heavy atom. The first-order chi connectivity index (χ1) is 6.75. The first kappa shape index (κ1) is 10.2. The first-order valence-electron chi connectivity index (χ1n) is 4.10. The van der Waals surface area contributed by atoms with Crippen molar-refractivity contribution in [2.24, 2.45) is 5.92 Å². The maximum atomic E-state index is 11.4. The van der Waals surface area contributed by atoms with Gasteiger partial charge in [-0.2, -0.15) is 11.8 Å². The van der Waals surface area contributed by atoms with Crippen molar-refractivity contribution in [1.82, 2.24) is 15.5 Å². The number of nitrogens with one attached hydrogen (secondary N) is 1. The van der Waals surface area contributed by atoms with E-state index in [0.717, 1.165) is 29.4 Å². The molecule has 76 valence electrons. The summed E-state index contributed by atoms with van der Waals surface area (Å²) in [5, 5.41) is 10.4. The number of nitrogens with zero attached hydrogens (tertiary/aromatic N) is 2. The fourth-order valence-electron chi connectivity index (χ4n) is 1.01. The highest BCUT2D eigenvalue weighted by Crippen LogP contribution is 2.23. The number of carbonyl (C=O) groups is 1. The molecule has 7 heteroatoms. The van der Waals surface area contributed by atoms with Crippen LogP contribution in [0.15, 0.2) is 0 Å². The Balaban J connectivity index is 1.82. The molecule has 1 aliphatic rings. The maximum Gasteiger partial charge on any atom is 0.282 e. The molecule has 0 atom stereocenters. The summed E-state index contributed by atoms with van der Waals surface area (Å²) in [6.07, 6.45) is 0. The van der Waals surface area contributed by atoms with Gasteiger partial charge in [-0.05, 0) is 29.0 Å². The van der Waals surface area contributed by atoms with Gasteiger partial charge in [-0.25, -0.2) is 0 Å². The number of halogens is 1. The maximum absolute atomic E-state index is 11.4. The zero-order valence-electron chi connectivity index (χ0n) is 7.20. The molecule has 1 aliphatic heterocycles. The summed E-state index contributed by atoms with van der Waals surface area (Å²) in [6.45, 7) is 0.725. The van der Waals surface area contributed by atoms with Crippen LogP contribution >= 0.6 is 34.7 Å². The Labute approximate surface area is 94.4 Å². The fourth-order valence-corrected chi connectivity index (χ4v) is 2.56. The van der Waals surface area contributed by atoms with Crippen molar-refractivity contribution >= 4 is 40.6 Å². The lowest BCUT2D eigenvalue weighted by Gasteiger charge is -2.24. The highest BCUT2D eigenvalue weighted by molar-refractivity contribution is 8.00. The second kappa shape index (κ2) is 4.46. The van der Waals surface area contributed by atoms with Crippen LogP contribution in [0, 0.1) is 5.92 Å². The molecule has 2 rings (SSSR count). The van der Waals surface area contributed by atoms with Gasteiger partial charge < -0.3 is 5.32 Å². The minimum absolute atomic E-state index is 0.175. The highest BCUT2D eigenvalue weighted by Gasteiger charge is 2.20. The van der Waals surface area contributed by atoms with Crippen molar-refractivity contribution in [1.29, 1.82) is 0 Å². The Morgan fingerprint density at radius 2 is 2.36 bits per heavy atom. The van der Waals surface area contributed by atoms with Gasteiger partial charge in [-0.1, -0.05) is 11.3 Å². The normalized spacial score (nSPS) is 16.4. The predicted octanol–water partition coefficient (Wildman–Crippen LogP) is 1.28. The number of hydrogen-bond donors (Lipinski definition) is 1. The van der Waals surface area contributed by atoms with Crippen LogP contribution < -0.4 is 5.32 Å². The van der Waals surface area contributed by atoms with E-state index >= 15 is 0 Å². The SMILES string of the molecule is O=C(NCC1CSC1)c1nnc(Cl)s1. The van der Waals surface area contributed by atoms with Gasteiger partial charge in [0, 0.05) is 6.54 Å². The van der Waals surface area contributed by atoms with Crippen molar-refractivity contribution in [3.63, 3.8) is 0 Å². The second-order valence-corrected chi connectivity index (χ2v) is 5.61. The minimum Gasteiger partial charge on any atom is -0.350 e. The molecule has 0 aliphatic carbocycles. The van der Waals surface area contributed by atoms with Gasteiger partial charge in [0.1, 0.15) is 0 Å². The Morgan fingerprint density at radius 1 is 1.57 bits per heavy atom. The summed E-state index contributed by atoms with van der Waals surface area (Å²) in [7, 11) is 0. The quantitative estimate of drug-likeness (QED) is 0.877. The molecular weight excluding hydrogens is 242 g/mol. The van der Waals surface area contributed by atoms with E-state index in [1.807, 2.05) is 11.8 Å². The molecule has 0 aromatic carbocycles. The largest absolute Gasteiger partial charge is 0.350 e. The Bertz CT molecular complexity index is 339. The summed E-state index contributed by atoms with van der Waals surface area (Å²) in [4.78, 5) is 11.4. The summed E-state index contributed by atoms with van der Waals surface area (Å²) >= 11 is 8.57. The number of thioether (sulfide) groups is 1. The van der Waals surface area contributed by atoms with Gasteiger partial charge in [0.05, 0.1) is 0 Å². The van der Waals surface area contributed by atoms with Gasteiger partial charge in [-0.3, -0.25) is 4.79 Å². The number of amides is 1. The van der Waals surface area contributed by atoms with Crippen LogP contribution in [-0.2, 0) is 0 Å². The van der Waals surface area contributed by atoms with Crippen LogP contribution in [0.25, 0.3) is 0 Å². The van der Waals surface area contributed by atoms with E-state index in [4.69, 9.17) is 11.6 Å². The molecule has 0 bridgehead atoms. The number of rotatable bonds is 3. The van der Waals surface area contributed by atoms with E-state index in [-0.39, 0.29) is 5.91 Å². The zero-order chi connectivity index (χ0) is 9.97. The van der Waals surface area contributed by atoms with Crippen LogP contribution in [0.1, 0.15) is 9.80 Å².